The van der Waals surface area contributed by atoms with Gasteiger partial charge in [0.1, 0.15) is 0 Å². The van der Waals surface area contributed by atoms with Crippen LogP contribution in [0.25, 0.3) is 0 Å². The lowest BCUT2D eigenvalue weighted by Gasteiger charge is -2.31. The number of hydrogen-bond donors (Lipinski definition) is 1. The van der Waals surface area contributed by atoms with Crippen LogP contribution >= 0.6 is 0 Å². The Hall–Kier alpha value is -0.900. The summed E-state index contributed by atoms with van der Waals surface area (Å²) in [5, 5.41) is 3.56. The van der Waals surface area contributed by atoms with Crippen molar-refractivity contribution in [3.8, 4) is 0 Å². The molecule has 3 heteroatoms. The van der Waals surface area contributed by atoms with Crippen LogP contribution < -0.4 is 5.32 Å². The molecule has 1 fully saturated rings. The Morgan fingerprint density at radius 1 is 1.39 bits per heavy atom. The van der Waals surface area contributed by atoms with E-state index in [4.69, 9.17) is 4.74 Å². The van der Waals surface area contributed by atoms with Crippen LogP contribution in [0.4, 0.5) is 0 Å². The van der Waals surface area contributed by atoms with Gasteiger partial charge >= 0.3 is 0 Å². The van der Waals surface area contributed by atoms with Crippen molar-refractivity contribution >= 4 is 0 Å². The van der Waals surface area contributed by atoms with Gasteiger partial charge in [-0.2, -0.15) is 0 Å². The lowest BCUT2D eigenvalue weighted by atomic mass is 10.1. The fourth-order valence-corrected chi connectivity index (χ4v) is 2.27. The molecule has 0 aliphatic carbocycles. The summed E-state index contributed by atoms with van der Waals surface area (Å²) in [6.07, 6.45) is 0.316. The van der Waals surface area contributed by atoms with Crippen LogP contribution in [0.3, 0.4) is 0 Å². The third-order valence-electron chi connectivity index (χ3n) is 3.57. The minimum Gasteiger partial charge on any atom is -0.374 e. The zero-order valence-electron chi connectivity index (χ0n) is 11.6. The molecule has 0 amide bonds. The molecule has 1 heterocycles. The third-order valence-corrected chi connectivity index (χ3v) is 3.57. The molecule has 3 nitrogen and oxygen atoms in total. The molecule has 0 saturated carbocycles. The second-order valence-corrected chi connectivity index (χ2v) is 5.30. The SMILES string of the molecule is Cc1ccc([C@@H](C)NCC2CN(C)CCO2)cc1. The van der Waals surface area contributed by atoms with E-state index < -0.39 is 0 Å². The van der Waals surface area contributed by atoms with Crippen LogP contribution in [0.2, 0.25) is 0 Å². The zero-order chi connectivity index (χ0) is 13.0. The molecule has 1 aliphatic heterocycles. The van der Waals surface area contributed by atoms with Crippen molar-refractivity contribution in [1.82, 2.24) is 10.2 Å². The number of aryl methyl sites for hydroxylation is 1. The van der Waals surface area contributed by atoms with Crippen LogP contribution in [0.15, 0.2) is 24.3 Å². The van der Waals surface area contributed by atoms with Gasteiger partial charge in [-0.1, -0.05) is 29.8 Å². The monoisotopic (exact) mass is 248 g/mol. The van der Waals surface area contributed by atoms with Gasteiger partial charge < -0.3 is 15.0 Å². The topological polar surface area (TPSA) is 24.5 Å². The van der Waals surface area contributed by atoms with Crippen molar-refractivity contribution in [1.29, 1.82) is 0 Å². The lowest BCUT2D eigenvalue weighted by molar-refractivity contribution is -0.0190. The van der Waals surface area contributed by atoms with Gasteiger partial charge in [0, 0.05) is 25.7 Å². The van der Waals surface area contributed by atoms with E-state index in [-0.39, 0.29) is 0 Å². The van der Waals surface area contributed by atoms with Crippen molar-refractivity contribution < 1.29 is 4.74 Å². The van der Waals surface area contributed by atoms with Crippen molar-refractivity contribution in [3.63, 3.8) is 0 Å². The normalized spacial score (nSPS) is 22.9. The molecule has 1 aromatic rings. The summed E-state index contributed by atoms with van der Waals surface area (Å²) < 4.78 is 5.75. The quantitative estimate of drug-likeness (QED) is 0.882. The molecule has 18 heavy (non-hydrogen) atoms. The predicted molar refractivity (Wildman–Crippen MR) is 74.8 cm³/mol. The van der Waals surface area contributed by atoms with Gasteiger partial charge in [-0.15, -0.1) is 0 Å². The van der Waals surface area contributed by atoms with E-state index in [2.05, 4.69) is 55.4 Å². The van der Waals surface area contributed by atoms with E-state index in [9.17, 15) is 0 Å². The first-order valence-electron chi connectivity index (χ1n) is 6.75. The standard InChI is InChI=1S/C15H24N2O/c1-12-4-6-14(7-5-12)13(2)16-10-15-11-17(3)8-9-18-15/h4-7,13,15-16H,8-11H2,1-3H3/t13-,15?/m1/s1. The summed E-state index contributed by atoms with van der Waals surface area (Å²) in [6, 6.07) is 9.10. The van der Waals surface area contributed by atoms with Crippen molar-refractivity contribution in [2.45, 2.75) is 26.0 Å². The number of benzene rings is 1. The second-order valence-electron chi connectivity index (χ2n) is 5.30. The third kappa shape index (κ3) is 3.80. The second kappa shape index (κ2) is 6.32. The Labute approximate surface area is 110 Å². The lowest BCUT2D eigenvalue weighted by Crippen LogP contribution is -2.45. The number of morpholine rings is 1. The van der Waals surface area contributed by atoms with Gasteiger partial charge in [0.05, 0.1) is 12.7 Å². The smallest absolute Gasteiger partial charge is 0.0826 e. The summed E-state index contributed by atoms with van der Waals surface area (Å²) in [4.78, 5) is 2.33. The summed E-state index contributed by atoms with van der Waals surface area (Å²) in [5.74, 6) is 0. The first-order chi connectivity index (χ1) is 8.65. The van der Waals surface area contributed by atoms with Gasteiger partial charge in [-0.25, -0.2) is 0 Å². The summed E-state index contributed by atoms with van der Waals surface area (Å²) in [7, 11) is 2.15. The fourth-order valence-electron chi connectivity index (χ4n) is 2.27. The highest BCUT2D eigenvalue weighted by molar-refractivity contribution is 5.23. The number of nitrogens with zero attached hydrogens (tertiary/aromatic N) is 1. The molecule has 0 aromatic heterocycles. The van der Waals surface area contributed by atoms with E-state index in [0.29, 0.717) is 12.1 Å². The number of likely N-dealkylation sites (N-methyl/N-ethyl adjacent to an activating group) is 1. The molecule has 100 valence electrons. The van der Waals surface area contributed by atoms with Crippen LogP contribution in [-0.4, -0.2) is 44.3 Å². The molecule has 2 atom stereocenters. The molecule has 1 N–H and O–H groups in total. The maximum absolute atomic E-state index is 5.75. The van der Waals surface area contributed by atoms with E-state index in [1.807, 2.05) is 0 Å². The maximum atomic E-state index is 5.75. The summed E-state index contributed by atoms with van der Waals surface area (Å²) in [5.41, 5.74) is 2.65. The largest absolute Gasteiger partial charge is 0.374 e. The average Bonchev–Trinajstić information content (AvgIpc) is 2.37. The van der Waals surface area contributed by atoms with Gasteiger partial charge in [-0.3, -0.25) is 0 Å². The summed E-state index contributed by atoms with van der Waals surface area (Å²) >= 11 is 0. The van der Waals surface area contributed by atoms with Crippen LogP contribution in [0, 0.1) is 6.92 Å². The minimum atomic E-state index is 0.316. The average molecular weight is 248 g/mol. The Morgan fingerprint density at radius 2 is 2.11 bits per heavy atom. The summed E-state index contributed by atoms with van der Waals surface area (Å²) in [6.45, 7) is 8.16. The van der Waals surface area contributed by atoms with E-state index >= 15 is 0 Å². The fraction of sp³-hybridized carbons (Fsp3) is 0.600. The van der Waals surface area contributed by atoms with E-state index in [0.717, 1.165) is 26.2 Å². The molecule has 0 spiro atoms. The predicted octanol–water partition coefficient (Wildman–Crippen LogP) is 1.98. The molecule has 0 radical (unpaired) electrons. The highest BCUT2D eigenvalue weighted by Gasteiger charge is 2.18. The molecule has 1 unspecified atom stereocenters. The first-order valence-corrected chi connectivity index (χ1v) is 6.75. The van der Waals surface area contributed by atoms with Crippen molar-refractivity contribution in [2.24, 2.45) is 0 Å². The number of hydrogen-bond acceptors (Lipinski definition) is 3. The Morgan fingerprint density at radius 3 is 2.78 bits per heavy atom. The van der Waals surface area contributed by atoms with E-state index in [1.54, 1.807) is 0 Å². The van der Waals surface area contributed by atoms with Gasteiger partial charge in [0.2, 0.25) is 0 Å². The maximum Gasteiger partial charge on any atom is 0.0826 e. The minimum absolute atomic E-state index is 0.316. The van der Waals surface area contributed by atoms with E-state index in [1.165, 1.54) is 11.1 Å². The highest BCUT2D eigenvalue weighted by atomic mass is 16.5. The molecule has 1 aliphatic rings. The van der Waals surface area contributed by atoms with Gasteiger partial charge in [0.25, 0.3) is 0 Å². The van der Waals surface area contributed by atoms with Gasteiger partial charge in [-0.05, 0) is 26.5 Å². The van der Waals surface area contributed by atoms with Crippen LogP contribution in [0.1, 0.15) is 24.1 Å². The van der Waals surface area contributed by atoms with Crippen molar-refractivity contribution in [3.05, 3.63) is 35.4 Å². The molecule has 0 bridgehead atoms. The Balaban J connectivity index is 1.80. The number of rotatable bonds is 4. The molecule has 1 saturated heterocycles. The molecule has 1 aromatic carbocycles. The van der Waals surface area contributed by atoms with Crippen LogP contribution in [0.5, 0.6) is 0 Å². The first kappa shape index (κ1) is 13.5. The Kier molecular flexibility index (Phi) is 4.75. The number of ether oxygens (including phenoxy) is 1. The molecular formula is C15H24N2O. The number of nitrogens with one attached hydrogen (secondary N) is 1. The molecule has 2 rings (SSSR count). The van der Waals surface area contributed by atoms with Crippen LogP contribution in [-0.2, 0) is 4.74 Å². The highest BCUT2D eigenvalue weighted by Crippen LogP contribution is 2.13. The van der Waals surface area contributed by atoms with Crippen molar-refractivity contribution in [2.75, 3.05) is 33.3 Å². The Bertz CT molecular complexity index is 363. The zero-order valence-corrected chi connectivity index (χ0v) is 11.6. The molecular weight excluding hydrogens is 224 g/mol. The van der Waals surface area contributed by atoms with Gasteiger partial charge in [0.15, 0.2) is 0 Å².